The molecule has 0 unspecified atom stereocenters. The average Bonchev–Trinajstić information content (AvgIpc) is 2.51. The molecule has 0 saturated carbocycles. The lowest BCUT2D eigenvalue weighted by Crippen LogP contribution is -2.43. The van der Waals surface area contributed by atoms with Gasteiger partial charge in [-0.2, -0.15) is 0 Å². The van der Waals surface area contributed by atoms with Crippen LogP contribution >= 0.6 is 0 Å². The Balaban J connectivity index is 1.75. The molecule has 1 heterocycles. The van der Waals surface area contributed by atoms with Gasteiger partial charge in [0.15, 0.2) is 0 Å². The van der Waals surface area contributed by atoms with Gasteiger partial charge in [0.05, 0.1) is 13.0 Å². The molecule has 1 aliphatic heterocycles. The molecule has 4 nitrogen and oxygen atoms in total. The maximum Gasteiger partial charge on any atom is 0.223 e. The lowest BCUT2D eigenvalue weighted by molar-refractivity contribution is -0.122. The second-order valence-electron chi connectivity index (χ2n) is 7.14. The fraction of sp³-hybridized carbons (Fsp3) is 0.632. The van der Waals surface area contributed by atoms with Crippen molar-refractivity contribution in [2.75, 3.05) is 26.2 Å². The first-order valence-corrected chi connectivity index (χ1v) is 8.58. The number of piperidine rings is 1. The standard InChI is InChI=1S/C19H30N2O2/c1-14-11-15(2)16(3)17(12-14)23-10-5-18(22)21-13-19(4)6-8-20-9-7-19/h11-12,20H,5-10,13H2,1-4H3,(H,21,22). The lowest BCUT2D eigenvalue weighted by atomic mass is 9.81. The van der Waals surface area contributed by atoms with Gasteiger partial charge in [-0.3, -0.25) is 4.79 Å². The van der Waals surface area contributed by atoms with Crippen molar-refractivity contribution in [3.05, 3.63) is 28.8 Å². The molecule has 1 aliphatic rings. The van der Waals surface area contributed by atoms with Gasteiger partial charge in [-0.1, -0.05) is 13.0 Å². The topological polar surface area (TPSA) is 50.4 Å². The number of nitrogens with one attached hydrogen (secondary N) is 2. The molecule has 1 saturated heterocycles. The monoisotopic (exact) mass is 318 g/mol. The highest BCUT2D eigenvalue weighted by Crippen LogP contribution is 2.26. The van der Waals surface area contributed by atoms with E-state index in [1.807, 2.05) is 6.07 Å². The third-order valence-corrected chi connectivity index (χ3v) is 4.87. The molecule has 0 aliphatic carbocycles. The molecule has 2 rings (SSSR count). The third kappa shape index (κ3) is 5.24. The zero-order chi connectivity index (χ0) is 16.9. The van der Waals surface area contributed by atoms with Gasteiger partial charge in [0.1, 0.15) is 5.75 Å². The molecular weight excluding hydrogens is 288 g/mol. The minimum atomic E-state index is 0.0757. The zero-order valence-electron chi connectivity index (χ0n) is 14.9. The summed E-state index contributed by atoms with van der Waals surface area (Å²) < 4.78 is 5.82. The normalized spacial score (nSPS) is 16.9. The predicted octanol–water partition coefficient (Wildman–Crippen LogP) is 2.89. The van der Waals surface area contributed by atoms with E-state index in [2.05, 4.69) is 44.4 Å². The summed E-state index contributed by atoms with van der Waals surface area (Å²) in [5, 5.41) is 6.43. The predicted molar refractivity (Wildman–Crippen MR) is 94.0 cm³/mol. The first kappa shape index (κ1) is 17.8. The molecule has 0 bridgehead atoms. The first-order chi connectivity index (χ1) is 10.9. The van der Waals surface area contributed by atoms with Crippen LogP contribution in [0, 0.1) is 26.2 Å². The average molecular weight is 318 g/mol. The second-order valence-corrected chi connectivity index (χ2v) is 7.14. The Morgan fingerprint density at radius 3 is 2.65 bits per heavy atom. The van der Waals surface area contributed by atoms with E-state index in [-0.39, 0.29) is 11.3 Å². The Kier molecular flexibility index (Phi) is 6.05. The van der Waals surface area contributed by atoms with Crippen molar-refractivity contribution >= 4 is 5.91 Å². The van der Waals surface area contributed by atoms with Gasteiger partial charge in [-0.15, -0.1) is 0 Å². The highest BCUT2D eigenvalue weighted by molar-refractivity contribution is 5.76. The molecule has 1 fully saturated rings. The fourth-order valence-electron chi connectivity index (χ4n) is 3.01. The second kappa shape index (κ2) is 7.82. The van der Waals surface area contributed by atoms with Crippen LogP contribution in [0.4, 0.5) is 0 Å². The Bertz CT molecular complexity index is 549. The molecule has 1 aromatic carbocycles. The van der Waals surface area contributed by atoms with Crippen molar-refractivity contribution in [1.82, 2.24) is 10.6 Å². The molecule has 1 aromatic rings. The molecule has 0 atom stereocenters. The first-order valence-electron chi connectivity index (χ1n) is 8.58. The van der Waals surface area contributed by atoms with Crippen molar-refractivity contribution < 1.29 is 9.53 Å². The maximum absolute atomic E-state index is 12.0. The minimum Gasteiger partial charge on any atom is -0.493 e. The molecule has 1 amide bonds. The van der Waals surface area contributed by atoms with E-state index in [1.54, 1.807) is 0 Å². The van der Waals surface area contributed by atoms with Gasteiger partial charge in [0, 0.05) is 6.54 Å². The third-order valence-electron chi connectivity index (χ3n) is 4.87. The summed E-state index contributed by atoms with van der Waals surface area (Å²) in [6, 6.07) is 4.19. The number of ether oxygens (including phenoxy) is 1. The number of aryl methyl sites for hydroxylation is 2. The number of hydrogen-bond donors (Lipinski definition) is 2. The lowest BCUT2D eigenvalue weighted by Gasteiger charge is -2.34. The van der Waals surface area contributed by atoms with E-state index in [1.165, 1.54) is 11.1 Å². The molecule has 0 aromatic heterocycles. The molecule has 0 spiro atoms. The molecule has 4 heteroatoms. The zero-order valence-corrected chi connectivity index (χ0v) is 14.9. The summed E-state index contributed by atoms with van der Waals surface area (Å²) in [5.74, 6) is 0.965. The molecule has 0 radical (unpaired) electrons. The Morgan fingerprint density at radius 1 is 1.26 bits per heavy atom. The van der Waals surface area contributed by atoms with Gasteiger partial charge in [-0.05, 0) is 74.9 Å². The van der Waals surface area contributed by atoms with E-state index in [4.69, 9.17) is 4.74 Å². The van der Waals surface area contributed by atoms with E-state index >= 15 is 0 Å². The Labute approximate surface area is 140 Å². The van der Waals surface area contributed by atoms with Crippen molar-refractivity contribution in [3.63, 3.8) is 0 Å². The van der Waals surface area contributed by atoms with Crippen LogP contribution in [0.1, 0.15) is 42.9 Å². The number of carbonyl (C=O) groups excluding carboxylic acids is 1. The highest BCUT2D eigenvalue weighted by Gasteiger charge is 2.26. The van der Waals surface area contributed by atoms with E-state index in [0.717, 1.165) is 43.8 Å². The number of amides is 1. The van der Waals surface area contributed by atoms with Gasteiger partial charge < -0.3 is 15.4 Å². The van der Waals surface area contributed by atoms with Crippen molar-refractivity contribution in [2.24, 2.45) is 5.41 Å². The summed E-state index contributed by atoms with van der Waals surface area (Å²) >= 11 is 0. The van der Waals surface area contributed by atoms with Crippen molar-refractivity contribution in [3.8, 4) is 5.75 Å². The maximum atomic E-state index is 12.0. The summed E-state index contributed by atoms with van der Waals surface area (Å²) in [7, 11) is 0. The Hall–Kier alpha value is -1.55. The van der Waals surface area contributed by atoms with Crippen LogP contribution < -0.4 is 15.4 Å². The van der Waals surface area contributed by atoms with Crippen LogP contribution in [0.3, 0.4) is 0 Å². The largest absolute Gasteiger partial charge is 0.493 e. The summed E-state index contributed by atoms with van der Waals surface area (Å²) in [6.07, 6.45) is 2.64. The molecular formula is C19H30N2O2. The summed E-state index contributed by atoms with van der Waals surface area (Å²) in [5.41, 5.74) is 3.79. The minimum absolute atomic E-state index is 0.0757. The van der Waals surface area contributed by atoms with Crippen LogP contribution in [0.15, 0.2) is 12.1 Å². The van der Waals surface area contributed by atoms with Crippen LogP contribution in [-0.2, 0) is 4.79 Å². The van der Waals surface area contributed by atoms with Crippen LogP contribution in [0.5, 0.6) is 5.75 Å². The van der Waals surface area contributed by atoms with Crippen molar-refractivity contribution in [1.29, 1.82) is 0 Å². The number of hydrogen-bond acceptors (Lipinski definition) is 3. The van der Waals surface area contributed by atoms with E-state index < -0.39 is 0 Å². The van der Waals surface area contributed by atoms with Crippen molar-refractivity contribution in [2.45, 2.75) is 47.0 Å². The van der Waals surface area contributed by atoms with E-state index in [9.17, 15) is 4.79 Å². The summed E-state index contributed by atoms with van der Waals surface area (Å²) in [4.78, 5) is 12.0. The quantitative estimate of drug-likeness (QED) is 0.848. The SMILES string of the molecule is Cc1cc(C)c(C)c(OCCC(=O)NCC2(C)CCNCC2)c1. The van der Waals surface area contributed by atoms with Crippen LogP contribution in [0.25, 0.3) is 0 Å². The molecule has 23 heavy (non-hydrogen) atoms. The van der Waals surface area contributed by atoms with Gasteiger partial charge >= 0.3 is 0 Å². The summed E-state index contributed by atoms with van der Waals surface area (Å²) in [6.45, 7) is 11.7. The number of carbonyl (C=O) groups is 1. The van der Waals surface area contributed by atoms with Gasteiger partial charge in [0.2, 0.25) is 5.91 Å². The Morgan fingerprint density at radius 2 is 1.96 bits per heavy atom. The molecule has 128 valence electrons. The van der Waals surface area contributed by atoms with E-state index in [0.29, 0.717) is 13.0 Å². The molecule has 2 N–H and O–H groups in total. The smallest absolute Gasteiger partial charge is 0.223 e. The van der Waals surface area contributed by atoms with Crippen LogP contribution in [-0.4, -0.2) is 32.1 Å². The highest BCUT2D eigenvalue weighted by atomic mass is 16.5. The van der Waals surface area contributed by atoms with Gasteiger partial charge in [-0.25, -0.2) is 0 Å². The number of benzene rings is 1. The van der Waals surface area contributed by atoms with Crippen LogP contribution in [0.2, 0.25) is 0 Å². The van der Waals surface area contributed by atoms with Gasteiger partial charge in [0.25, 0.3) is 0 Å². The fourth-order valence-corrected chi connectivity index (χ4v) is 3.01. The number of rotatable bonds is 6.